The van der Waals surface area contributed by atoms with Gasteiger partial charge in [0.15, 0.2) is 0 Å². The number of unbranched alkanes of at least 4 members (excludes halogenated alkanes) is 11. The van der Waals surface area contributed by atoms with E-state index in [9.17, 15) is 10.2 Å². The molecule has 0 unspecified atom stereocenters. The van der Waals surface area contributed by atoms with Gasteiger partial charge in [-0.25, -0.2) is 0 Å². The van der Waals surface area contributed by atoms with Crippen LogP contribution >= 0.6 is 0 Å². The van der Waals surface area contributed by atoms with Crippen LogP contribution < -0.4 is 0 Å². The van der Waals surface area contributed by atoms with Crippen LogP contribution in [-0.4, -0.2) is 23.4 Å². The molecule has 0 aliphatic carbocycles. The molecule has 0 atom stereocenters. The van der Waals surface area contributed by atoms with Crippen LogP contribution in [0.2, 0.25) is 0 Å². The van der Waals surface area contributed by atoms with Crippen LogP contribution in [0, 0.1) is 10.8 Å². The van der Waals surface area contributed by atoms with Gasteiger partial charge in [-0.15, -0.1) is 0 Å². The van der Waals surface area contributed by atoms with Crippen LogP contribution in [0.25, 0.3) is 0 Å². The maximum Gasteiger partial charge on any atom is 0.0482 e. The second kappa shape index (κ2) is 14.1. The summed E-state index contributed by atoms with van der Waals surface area (Å²) in [6.45, 7) is 9.24. The van der Waals surface area contributed by atoms with Gasteiger partial charge in [0.05, 0.1) is 0 Å². The highest BCUT2D eigenvalue weighted by atomic mass is 16.3. The first kappa shape index (κ1) is 23.9. The van der Waals surface area contributed by atoms with E-state index in [1.807, 2.05) is 0 Å². The number of hydrogen-bond acceptors (Lipinski definition) is 2. The molecule has 0 rings (SSSR count). The Morgan fingerprint density at radius 1 is 0.417 bits per heavy atom. The van der Waals surface area contributed by atoms with E-state index < -0.39 is 0 Å². The van der Waals surface area contributed by atoms with Gasteiger partial charge >= 0.3 is 0 Å². The molecule has 0 saturated heterocycles. The number of aliphatic hydroxyl groups excluding tert-OH is 2. The highest BCUT2D eigenvalue weighted by Gasteiger charge is 2.15. The minimum atomic E-state index is 0.119. The monoisotopic (exact) mass is 342 g/mol. The summed E-state index contributed by atoms with van der Waals surface area (Å²) in [5.74, 6) is 0. The van der Waals surface area contributed by atoms with Crippen molar-refractivity contribution < 1.29 is 10.2 Å². The van der Waals surface area contributed by atoms with E-state index in [1.165, 1.54) is 77.0 Å². The maximum absolute atomic E-state index is 9.22. The van der Waals surface area contributed by atoms with Gasteiger partial charge in [0.25, 0.3) is 0 Å². The highest BCUT2D eigenvalue weighted by Crippen LogP contribution is 2.24. The third kappa shape index (κ3) is 15.4. The van der Waals surface area contributed by atoms with Gasteiger partial charge in [-0.05, 0) is 23.7 Å². The fourth-order valence-electron chi connectivity index (χ4n) is 3.13. The van der Waals surface area contributed by atoms with E-state index in [0.29, 0.717) is 13.2 Å². The smallest absolute Gasteiger partial charge is 0.0482 e. The molecule has 0 aromatic heterocycles. The third-order valence-electron chi connectivity index (χ3n) is 5.31. The summed E-state index contributed by atoms with van der Waals surface area (Å²) in [7, 11) is 0. The van der Waals surface area contributed by atoms with Crippen molar-refractivity contribution in [2.45, 2.75) is 118 Å². The zero-order chi connectivity index (χ0) is 18.3. The van der Waals surface area contributed by atoms with Crippen LogP contribution in [0.1, 0.15) is 118 Å². The maximum atomic E-state index is 9.22. The SMILES string of the molecule is CC(C)(CO)CCCCCCCCCCCCCCC(C)(C)CO. The van der Waals surface area contributed by atoms with E-state index in [-0.39, 0.29) is 10.8 Å². The Morgan fingerprint density at radius 3 is 0.833 bits per heavy atom. The molecule has 2 N–H and O–H groups in total. The second-order valence-electron chi connectivity index (χ2n) is 9.39. The number of aliphatic hydroxyl groups is 2. The summed E-state index contributed by atoms with van der Waals surface area (Å²) in [5, 5.41) is 18.4. The van der Waals surface area contributed by atoms with Gasteiger partial charge in [0.2, 0.25) is 0 Å². The Kier molecular flexibility index (Phi) is 14.1. The first-order chi connectivity index (χ1) is 11.3. The summed E-state index contributed by atoms with van der Waals surface area (Å²) >= 11 is 0. The van der Waals surface area contributed by atoms with Gasteiger partial charge in [0, 0.05) is 13.2 Å². The highest BCUT2D eigenvalue weighted by molar-refractivity contribution is 4.67. The fourth-order valence-corrected chi connectivity index (χ4v) is 3.13. The molecule has 2 nitrogen and oxygen atoms in total. The molecular weight excluding hydrogens is 296 g/mol. The lowest BCUT2D eigenvalue weighted by atomic mass is 9.87. The normalized spacial score (nSPS) is 12.8. The van der Waals surface area contributed by atoms with Gasteiger partial charge in [-0.3, -0.25) is 0 Å². The molecule has 0 aromatic carbocycles. The van der Waals surface area contributed by atoms with Crippen molar-refractivity contribution >= 4 is 0 Å². The second-order valence-corrected chi connectivity index (χ2v) is 9.39. The molecule has 0 aliphatic heterocycles. The summed E-state index contributed by atoms with van der Waals surface area (Å²) in [6.07, 6.45) is 18.6. The Morgan fingerprint density at radius 2 is 0.625 bits per heavy atom. The minimum absolute atomic E-state index is 0.119. The summed E-state index contributed by atoms with van der Waals surface area (Å²) in [5.41, 5.74) is 0.238. The molecule has 0 bridgehead atoms. The van der Waals surface area contributed by atoms with Crippen molar-refractivity contribution in [2.75, 3.05) is 13.2 Å². The van der Waals surface area contributed by atoms with E-state index in [1.54, 1.807) is 0 Å². The average molecular weight is 343 g/mol. The van der Waals surface area contributed by atoms with Crippen LogP contribution in [0.5, 0.6) is 0 Å². The molecule has 146 valence electrons. The fraction of sp³-hybridized carbons (Fsp3) is 1.00. The zero-order valence-corrected chi connectivity index (χ0v) is 17.2. The molecule has 0 radical (unpaired) electrons. The molecule has 2 heteroatoms. The average Bonchev–Trinajstić information content (AvgIpc) is 2.55. The lowest BCUT2D eigenvalue weighted by Gasteiger charge is -2.21. The van der Waals surface area contributed by atoms with Crippen molar-refractivity contribution in [1.82, 2.24) is 0 Å². The predicted octanol–water partition coefficient (Wildman–Crippen LogP) is 6.48. The molecular formula is C22H46O2. The summed E-state index contributed by atoms with van der Waals surface area (Å²) in [6, 6.07) is 0. The standard InChI is InChI=1S/C22H46O2/c1-21(2,19-23)17-15-13-11-9-7-5-6-8-10-12-14-16-18-22(3,4)20-24/h23-24H,5-20H2,1-4H3. The third-order valence-corrected chi connectivity index (χ3v) is 5.31. The van der Waals surface area contributed by atoms with Crippen molar-refractivity contribution in [3.63, 3.8) is 0 Å². The summed E-state index contributed by atoms with van der Waals surface area (Å²) < 4.78 is 0. The molecule has 0 amide bonds. The van der Waals surface area contributed by atoms with Gasteiger partial charge in [0.1, 0.15) is 0 Å². The summed E-state index contributed by atoms with van der Waals surface area (Å²) in [4.78, 5) is 0. The number of hydrogen-bond donors (Lipinski definition) is 2. The minimum Gasteiger partial charge on any atom is -0.396 e. The first-order valence-electron chi connectivity index (χ1n) is 10.5. The van der Waals surface area contributed by atoms with Gasteiger partial charge in [-0.1, -0.05) is 105 Å². The van der Waals surface area contributed by atoms with E-state index in [4.69, 9.17) is 0 Å². The Labute approximate surface area is 152 Å². The quantitative estimate of drug-likeness (QED) is 0.297. The largest absolute Gasteiger partial charge is 0.396 e. The molecule has 0 heterocycles. The topological polar surface area (TPSA) is 40.5 Å². The lowest BCUT2D eigenvalue weighted by Crippen LogP contribution is -2.16. The van der Waals surface area contributed by atoms with Gasteiger partial charge < -0.3 is 10.2 Å². The van der Waals surface area contributed by atoms with Gasteiger partial charge in [-0.2, -0.15) is 0 Å². The first-order valence-corrected chi connectivity index (χ1v) is 10.5. The Bertz CT molecular complexity index is 243. The van der Waals surface area contributed by atoms with Crippen molar-refractivity contribution in [3.8, 4) is 0 Å². The van der Waals surface area contributed by atoms with Crippen molar-refractivity contribution in [3.05, 3.63) is 0 Å². The molecule has 0 aliphatic rings. The predicted molar refractivity (Wildman–Crippen MR) is 106 cm³/mol. The molecule has 24 heavy (non-hydrogen) atoms. The molecule has 0 saturated carbocycles. The molecule has 0 aromatic rings. The Balaban J connectivity index is 3.18. The Hall–Kier alpha value is -0.0800. The van der Waals surface area contributed by atoms with Crippen LogP contribution in [0.3, 0.4) is 0 Å². The van der Waals surface area contributed by atoms with E-state index >= 15 is 0 Å². The zero-order valence-electron chi connectivity index (χ0n) is 17.2. The van der Waals surface area contributed by atoms with E-state index in [0.717, 1.165) is 12.8 Å². The number of rotatable bonds is 17. The van der Waals surface area contributed by atoms with E-state index in [2.05, 4.69) is 27.7 Å². The lowest BCUT2D eigenvalue weighted by molar-refractivity contribution is 0.147. The molecule has 0 spiro atoms. The van der Waals surface area contributed by atoms with Crippen molar-refractivity contribution in [1.29, 1.82) is 0 Å². The molecule has 0 fully saturated rings. The van der Waals surface area contributed by atoms with Crippen LogP contribution in [0.4, 0.5) is 0 Å². The van der Waals surface area contributed by atoms with Crippen LogP contribution in [0.15, 0.2) is 0 Å². The van der Waals surface area contributed by atoms with Crippen molar-refractivity contribution in [2.24, 2.45) is 10.8 Å². The van der Waals surface area contributed by atoms with Crippen LogP contribution in [-0.2, 0) is 0 Å².